The number of carbonyl (C=O) groups is 3. The number of hydrogen-bond acceptors (Lipinski definition) is 4. The van der Waals surface area contributed by atoms with E-state index in [0.29, 0.717) is 43.2 Å². The van der Waals surface area contributed by atoms with Gasteiger partial charge in [-0.25, -0.2) is 0 Å². The number of nitrogens with zero attached hydrogens (tertiary/aromatic N) is 2. The van der Waals surface area contributed by atoms with Gasteiger partial charge in [-0.2, -0.15) is 0 Å². The van der Waals surface area contributed by atoms with Crippen molar-refractivity contribution in [3.63, 3.8) is 0 Å². The number of carbonyl (C=O) groups excluding carboxylic acids is 3. The largest absolute Gasteiger partial charge is 0.482 e. The highest BCUT2D eigenvalue weighted by Gasteiger charge is 2.31. The van der Waals surface area contributed by atoms with Gasteiger partial charge in [-0.1, -0.05) is 12.8 Å². The zero-order chi connectivity index (χ0) is 18.1. The van der Waals surface area contributed by atoms with Gasteiger partial charge in [0.25, 0.3) is 11.8 Å². The highest BCUT2D eigenvalue weighted by Crippen LogP contribution is 2.29. The molecule has 2 heterocycles. The Morgan fingerprint density at radius 3 is 2.46 bits per heavy atom. The summed E-state index contributed by atoms with van der Waals surface area (Å²) < 4.78 is 5.38. The van der Waals surface area contributed by atoms with Gasteiger partial charge in [0.2, 0.25) is 5.91 Å². The maximum absolute atomic E-state index is 12.8. The zero-order valence-corrected chi connectivity index (χ0v) is 14.7. The summed E-state index contributed by atoms with van der Waals surface area (Å²) in [6.45, 7) is 2.25. The Hall–Kier alpha value is -2.57. The lowest BCUT2D eigenvalue weighted by Crippen LogP contribution is -2.51. The lowest BCUT2D eigenvalue weighted by molar-refractivity contribution is -0.136. The van der Waals surface area contributed by atoms with Gasteiger partial charge in [0, 0.05) is 37.7 Å². The molecular weight excluding hydrogens is 334 g/mol. The molecule has 1 aliphatic carbocycles. The Morgan fingerprint density at radius 1 is 1.04 bits per heavy atom. The molecule has 0 aromatic heterocycles. The first-order valence-electron chi connectivity index (χ1n) is 9.26. The first-order chi connectivity index (χ1) is 12.6. The Kier molecular flexibility index (Phi) is 4.53. The van der Waals surface area contributed by atoms with Crippen molar-refractivity contribution in [2.24, 2.45) is 5.92 Å². The van der Waals surface area contributed by atoms with E-state index < -0.39 is 0 Å². The number of piperazine rings is 1. The molecule has 0 spiro atoms. The van der Waals surface area contributed by atoms with Crippen LogP contribution in [0.25, 0.3) is 0 Å². The summed E-state index contributed by atoms with van der Waals surface area (Å²) >= 11 is 0. The molecule has 3 aliphatic rings. The van der Waals surface area contributed by atoms with Crippen molar-refractivity contribution in [2.45, 2.75) is 25.7 Å². The van der Waals surface area contributed by atoms with E-state index >= 15 is 0 Å². The predicted molar refractivity (Wildman–Crippen MR) is 95.0 cm³/mol. The molecule has 1 N–H and O–H groups in total. The van der Waals surface area contributed by atoms with E-state index in [9.17, 15) is 14.4 Å². The molecule has 1 aromatic carbocycles. The third kappa shape index (κ3) is 3.25. The normalized spacial score (nSPS) is 20.4. The van der Waals surface area contributed by atoms with Crippen molar-refractivity contribution in [1.82, 2.24) is 9.80 Å². The molecule has 1 saturated carbocycles. The number of nitrogens with one attached hydrogen (secondary N) is 1. The predicted octanol–water partition coefficient (Wildman–Crippen LogP) is 1.49. The molecule has 3 amide bonds. The molecule has 0 unspecified atom stereocenters. The van der Waals surface area contributed by atoms with Gasteiger partial charge in [0.15, 0.2) is 6.61 Å². The Morgan fingerprint density at radius 2 is 1.73 bits per heavy atom. The third-order valence-corrected chi connectivity index (χ3v) is 5.44. The van der Waals surface area contributed by atoms with Crippen LogP contribution in [0.1, 0.15) is 36.0 Å². The van der Waals surface area contributed by atoms with Crippen LogP contribution in [0.15, 0.2) is 18.2 Å². The van der Waals surface area contributed by atoms with Crippen molar-refractivity contribution >= 4 is 23.4 Å². The van der Waals surface area contributed by atoms with Gasteiger partial charge in [0.1, 0.15) is 5.75 Å². The molecule has 0 radical (unpaired) electrons. The molecule has 2 aliphatic heterocycles. The van der Waals surface area contributed by atoms with Crippen molar-refractivity contribution in [1.29, 1.82) is 0 Å². The molecule has 1 saturated heterocycles. The number of amides is 3. The number of fused-ring (bicyclic) bond motifs is 1. The van der Waals surface area contributed by atoms with Crippen LogP contribution in [0.2, 0.25) is 0 Å². The van der Waals surface area contributed by atoms with Crippen LogP contribution >= 0.6 is 0 Å². The average molecular weight is 357 g/mol. The second kappa shape index (κ2) is 6.97. The Bertz CT molecular complexity index is 734. The monoisotopic (exact) mass is 357 g/mol. The number of anilines is 1. The standard InChI is InChI=1S/C19H23N3O4/c23-17-12-26-16-11-14(5-6-15(16)20-17)19(25)22-9-7-21(8-10-22)18(24)13-3-1-2-4-13/h5-6,11,13H,1-4,7-10,12H2,(H,20,23). The highest BCUT2D eigenvalue weighted by molar-refractivity contribution is 5.99. The Labute approximate surface area is 152 Å². The van der Waals surface area contributed by atoms with Crippen LogP contribution in [0.5, 0.6) is 5.75 Å². The zero-order valence-electron chi connectivity index (χ0n) is 14.7. The first kappa shape index (κ1) is 16.9. The lowest BCUT2D eigenvalue weighted by Gasteiger charge is -2.36. The van der Waals surface area contributed by atoms with Gasteiger partial charge in [-0.15, -0.1) is 0 Å². The summed E-state index contributed by atoms with van der Waals surface area (Å²) in [7, 11) is 0. The van der Waals surface area contributed by atoms with Crippen LogP contribution in [0.4, 0.5) is 5.69 Å². The van der Waals surface area contributed by atoms with Crippen LogP contribution < -0.4 is 10.1 Å². The second-order valence-electron chi connectivity index (χ2n) is 7.15. The van der Waals surface area contributed by atoms with E-state index in [-0.39, 0.29) is 30.2 Å². The molecule has 1 aromatic rings. The van der Waals surface area contributed by atoms with Crippen molar-refractivity contribution in [2.75, 3.05) is 38.1 Å². The molecular formula is C19H23N3O4. The van der Waals surface area contributed by atoms with E-state index in [2.05, 4.69) is 5.32 Å². The molecule has 26 heavy (non-hydrogen) atoms. The summed E-state index contributed by atoms with van der Waals surface area (Å²) in [6, 6.07) is 5.07. The fourth-order valence-electron chi connectivity index (χ4n) is 3.95. The van der Waals surface area contributed by atoms with Gasteiger partial charge < -0.3 is 19.9 Å². The maximum Gasteiger partial charge on any atom is 0.262 e. The van der Waals surface area contributed by atoms with Gasteiger partial charge >= 0.3 is 0 Å². The molecule has 7 nitrogen and oxygen atoms in total. The first-order valence-corrected chi connectivity index (χ1v) is 9.26. The number of benzene rings is 1. The minimum atomic E-state index is -0.195. The topological polar surface area (TPSA) is 79.0 Å². The second-order valence-corrected chi connectivity index (χ2v) is 7.15. The van der Waals surface area contributed by atoms with Gasteiger partial charge in [0.05, 0.1) is 5.69 Å². The molecule has 138 valence electrons. The minimum absolute atomic E-state index is 0.0351. The SMILES string of the molecule is O=C1COc2cc(C(=O)N3CCN(C(=O)C4CCCC4)CC3)ccc2N1. The van der Waals surface area contributed by atoms with Crippen molar-refractivity contribution in [3.8, 4) is 5.75 Å². The molecule has 4 rings (SSSR count). The molecule has 0 bridgehead atoms. The van der Waals surface area contributed by atoms with Crippen LogP contribution in [-0.4, -0.2) is 60.3 Å². The summed E-state index contributed by atoms with van der Waals surface area (Å²) in [4.78, 5) is 40.3. The van der Waals surface area contributed by atoms with Gasteiger partial charge in [-0.3, -0.25) is 14.4 Å². The van der Waals surface area contributed by atoms with E-state index in [1.165, 1.54) is 0 Å². The highest BCUT2D eigenvalue weighted by atomic mass is 16.5. The quantitative estimate of drug-likeness (QED) is 0.870. The van der Waals surface area contributed by atoms with Crippen LogP contribution in [0, 0.1) is 5.92 Å². The van der Waals surface area contributed by atoms with Crippen LogP contribution in [0.3, 0.4) is 0 Å². The summed E-state index contributed by atoms with van der Waals surface area (Å²) in [5.74, 6) is 0.698. The van der Waals surface area contributed by atoms with Crippen molar-refractivity contribution < 1.29 is 19.1 Å². The fraction of sp³-hybridized carbons (Fsp3) is 0.526. The average Bonchev–Trinajstić information content (AvgIpc) is 3.21. The van der Waals surface area contributed by atoms with E-state index in [1.54, 1.807) is 23.1 Å². The summed E-state index contributed by atoms with van der Waals surface area (Å²) in [6.07, 6.45) is 4.30. The van der Waals surface area contributed by atoms with Gasteiger partial charge in [-0.05, 0) is 31.0 Å². The molecule has 0 atom stereocenters. The number of rotatable bonds is 2. The third-order valence-electron chi connectivity index (χ3n) is 5.44. The maximum atomic E-state index is 12.8. The Balaban J connectivity index is 1.38. The fourth-order valence-corrected chi connectivity index (χ4v) is 3.95. The number of ether oxygens (including phenoxy) is 1. The summed E-state index contributed by atoms with van der Waals surface area (Å²) in [5, 5.41) is 2.72. The lowest BCUT2D eigenvalue weighted by atomic mass is 10.1. The minimum Gasteiger partial charge on any atom is -0.482 e. The van der Waals surface area contributed by atoms with E-state index in [0.717, 1.165) is 25.7 Å². The smallest absolute Gasteiger partial charge is 0.262 e. The number of hydrogen-bond donors (Lipinski definition) is 1. The van der Waals surface area contributed by atoms with Crippen LogP contribution in [-0.2, 0) is 9.59 Å². The summed E-state index contributed by atoms with van der Waals surface area (Å²) in [5.41, 5.74) is 1.13. The molecule has 2 fully saturated rings. The van der Waals surface area contributed by atoms with E-state index in [4.69, 9.17) is 4.74 Å². The van der Waals surface area contributed by atoms with E-state index in [1.807, 2.05) is 4.90 Å². The molecule has 7 heteroatoms. The van der Waals surface area contributed by atoms with Crippen molar-refractivity contribution in [3.05, 3.63) is 23.8 Å².